The fourth-order valence-corrected chi connectivity index (χ4v) is 2.14. The van der Waals surface area contributed by atoms with Gasteiger partial charge in [0.15, 0.2) is 0 Å². The van der Waals surface area contributed by atoms with Crippen molar-refractivity contribution in [3.8, 4) is 0 Å². The van der Waals surface area contributed by atoms with Crippen molar-refractivity contribution in [2.75, 3.05) is 20.2 Å². The Kier molecular flexibility index (Phi) is 3.12. The van der Waals surface area contributed by atoms with Crippen LogP contribution in [0.2, 0.25) is 0 Å². The van der Waals surface area contributed by atoms with E-state index in [2.05, 4.69) is 5.32 Å². The topological polar surface area (TPSA) is 58.6 Å². The van der Waals surface area contributed by atoms with Crippen LogP contribution >= 0.6 is 0 Å². The number of piperazine rings is 1. The first kappa shape index (κ1) is 12.4. The molecule has 17 heavy (non-hydrogen) atoms. The standard InChI is InChI=1S/C12H20N2O3/c1-12(2,17-3)7-14-6-9(15)13-10(11(14)16)8-4-5-8/h8,10H,4-7H2,1-3H3,(H,13,15). The average Bonchev–Trinajstić information content (AvgIpc) is 3.06. The molecule has 5 heteroatoms. The first-order valence-electron chi connectivity index (χ1n) is 6.06. The van der Waals surface area contributed by atoms with E-state index in [1.807, 2.05) is 13.8 Å². The van der Waals surface area contributed by atoms with E-state index in [4.69, 9.17) is 4.74 Å². The second-order valence-electron chi connectivity index (χ2n) is 5.54. The molecule has 1 aliphatic heterocycles. The number of nitrogens with zero attached hydrogens (tertiary/aromatic N) is 1. The monoisotopic (exact) mass is 240 g/mol. The van der Waals surface area contributed by atoms with Crippen LogP contribution in [0.1, 0.15) is 26.7 Å². The number of amides is 2. The highest BCUT2D eigenvalue weighted by Gasteiger charge is 2.43. The molecule has 2 fully saturated rings. The van der Waals surface area contributed by atoms with E-state index < -0.39 is 5.60 Å². The second kappa shape index (κ2) is 4.29. The van der Waals surface area contributed by atoms with Crippen molar-refractivity contribution in [2.24, 2.45) is 5.92 Å². The molecule has 2 aliphatic rings. The van der Waals surface area contributed by atoms with Gasteiger partial charge in [-0.2, -0.15) is 0 Å². The minimum absolute atomic E-state index is 0.0391. The molecule has 0 aromatic heterocycles. The molecule has 0 radical (unpaired) electrons. The third-order valence-corrected chi connectivity index (χ3v) is 3.45. The van der Waals surface area contributed by atoms with Crippen LogP contribution in [0, 0.1) is 5.92 Å². The molecule has 1 unspecified atom stereocenters. The van der Waals surface area contributed by atoms with Crippen LogP contribution in [-0.4, -0.2) is 48.6 Å². The highest BCUT2D eigenvalue weighted by Crippen LogP contribution is 2.34. The minimum Gasteiger partial charge on any atom is -0.377 e. The van der Waals surface area contributed by atoms with Crippen molar-refractivity contribution < 1.29 is 14.3 Å². The summed E-state index contributed by atoms with van der Waals surface area (Å²) in [6.07, 6.45) is 2.08. The molecule has 1 saturated carbocycles. The zero-order valence-electron chi connectivity index (χ0n) is 10.7. The molecular formula is C12H20N2O3. The fraction of sp³-hybridized carbons (Fsp3) is 0.833. The van der Waals surface area contributed by atoms with Gasteiger partial charge in [-0.25, -0.2) is 0 Å². The second-order valence-corrected chi connectivity index (χ2v) is 5.54. The largest absolute Gasteiger partial charge is 0.377 e. The van der Waals surface area contributed by atoms with Crippen molar-refractivity contribution in [3.63, 3.8) is 0 Å². The molecule has 1 heterocycles. The zero-order valence-corrected chi connectivity index (χ0v) is 10.7. The molecular weight excluding hydrogens is 220 g/mol. The third-order valence-electron chi connectivity index (χ3n) is 3.45. The van der Waals surface area contributed by atoms with Gasteiger partial charge in [0.05, 0.1) is 12.1 Å². The molecule has 0 bridgehead atoms. The number of carbonyl (C=O) groups excluding carboxylic acids is 2. The summed E-state index contributed by atoms with van der Waals surface area (Å²) in [5, 5.41) is 2.79. The quantitative estimate of drug-likeness (QED) is 0.761. The van der Waals surface area contributed by atoms with Crippen LogP contribution in [0.4, 0.5) is 0 Å². The molecule has 0 aromatic carbocycles. The lowest BCUT2D eigenvalue weighted by Crippen LogP contribution is -2.61. The number of hydrogen-bond donors (Lipinski definition) is 1. The van der Waals surface area contributed by atoms with Gasteiger partial charge in [-0.1, -0.05) is 0 Å². The van der Waals surface area contributed by atoms with Gasteiger partial charge in [-0.05, 0) is 32.6 Å². The van der Waals surface area contributed by atoms with Crippen molar-refractivity contribution in [1.29, 1.82) is 0 Å². The van der Waals surface area contributed by atoms with E-state index in [1.54, 1.807) is 12.0 Å². The molecule has 5 nitrogen and oxygen atoms in total. The van der Waals surface area contributed by atoms with Crippen molar-refractivity contribution in [3.05, 3.63) is 0 Å². The number of rotatable bonds is 4. The van der Waals surface area contributed by atoms with Gasteiger partial charge >= 0.3 is 0 Å². The van der Waals surface area contributed by atoms with Gasteiger partial charge in [0.25, 0.3) is 0 Å². The Morgan fingerprint density at radius 2 is 2.06 bits per heavy atom. The minimum atomic E-state index is -0.415. The lowest BCUT2D eigenvalue weighted by molar-refractivity contribution is -0.148. The van der Waals surface area contributed by atoms with Crippen LogP contribution in [-0.2, 0) is 14.3 Å². The highest BCUT2D eigenvalue weighted by atomic mass is 16.5. The predicted octanol–water partition coefficient (Wildman–Crippen LogP) is 0.148. The number of nitrogens with one attached hydrogen (secondary N) is 1. The summed E-state index contributed by atoms with van der Waals surface area (Å²) in [6.45, 7) is 4.44. The van der Waals surface area contributed by atoms with Gasteiger partial charge < -0.3 is 15.0 Å². The first-order valence-corrected chi connectivity index (χ1v) is 6.06. The van der Waals surface area contributed by atoms with E-state index >= 15 is 0 Å². The summed E-state index contributed by atoms with van der Waals surface area (Å²) >= 11 is 0. The SMILES string of the molecule is COC(C)(C)CN1CC(=O)NC(C2CC2)C1=O. The van der Waals surface area contributed by atoms with Gasteiger partial charge in [0.1, 0.15) is 6.04 Å². The summed E-state index contributed by atoms with van der Waals surface area (Å²) in [5.41, 5.74) is -0.415. The maximum atomic E-state index is 12.2. The van der Waals surface area contributed by atoms with E-state index in [0.717, 1.165) is 12.8 Å². The van der Waals surface area contributed by atoms with Gasteiger partial charge in [-0.3, -0.25) is 9.59 Å². The summed E-state index contributed by atoms with van der Waals surface area (Å²) < 4.78 is 5.31. The molecule has 1 aliphatic carbocycles. The van der Waals surface area contributed by atoms with E-state index in [-0.39, 0.29) is 24.4 Å². The van der Waals surface area contributed by atoms with Gasteiger partial charge in [0.2, 0.25) is 11.8 Å². The van der Waals surface area contributed by atoms with Crippen LogP contribution in [0.3, 0.4) is 0 Å². The van der Waals surface area contributed by atoms with Crippen LogP contribution < -0.4 is 5.32 Å². The maximum Gasteiger partial charge on any atom is 0.246 e. The van der Waals surface area contributed by atoms with Crippen molar-refractivity contribution in [2.45, 2.75) is 38.3 Å². The lowest BCUT2D eigenvalue weighted by Gasteiger charge is -2.37. The summed E-state index contributed by atoms with van der Waals surface area (Å²) in [5.74, 6) is 0.325. The normalized spacial score (nSPS) is 26.1. The molecule has 0 aromatic rings. The van der Waals surface area contributed by atoms with Crippen LogP contribution in [0.5, 0.6) is 0 Å². The smallest absolute Gasteiger partial charge is 0.246 e. The van der Waals surface area contributed by atoms with E-state index in [9.17, 15) is 9.59 Å². The molecule has 2 rings (SSSR count). The first-order chi connectivity index (χ1) is 7.93. The van der Waals surface area contributed by atoms with Crippen LogP contribution in [0.15, 0.2) is 0 Å². The average molecular weight is 240 g/mol. The summed E-state index contributed by atoms with van der Waals surface area (Å²) in [6, 6.07) is -0.302. The lowest BCUT2D eigenvalue weighted by atomic mass is 10.0. The summed E-state index contributed by atoms with van der Waals surface area (Å²) in [7, 11) is 1.62. The summed E-state index contributed by atoms with van der Waals surface area (Å²) in [4.78, 5) is 25.4. The molecule has 96 valence electrons. The Hall–Kier alpha value is -1.10. The molecule has 2 amide bonds. The molecule has 1 N–H and O–H groups in total. The predicted molar refractivity (Wildman–Crippen MR) is 62.3 cm³/mol. The Morgan fingerprint density at radius 1 is 1.41 bits per heavy atom. The van der Waals surface area contributed by atoms with Gasteiger partial charge in [0, 0.05) is 13.7 Å². The Morgan fingerprint density at radius 3 is 2.59 bits per heavy atom. The van der Waals surface area contributed by atoms with E-state index in [1.165, 1.54) is 0 Å². The number of methoxy groups -OCH3 is 1. The van der Waals surface area contributed by atoms with Crippen molar-refractivity contribution >= 4 is 11.8 Å². The molecule has 1 atom stereocenters. The van der Waals surface area contributed by atoms with E-state index in [0.29, 0.717) is 12.5 Å². The molecule has 0 spiro atoms. The molecule has 1 saturated heterocycles. The Balaban J connectivity index is 2.05. The number of hydrogen-bond acceptors (Lipinski definition) is 3. The maximum absolute atomic E-state index is 12.2. The van der Waals surface area contributed by atoms with Crippen LogP contribution in [0.25, 0.3) is 0 Å². The van der Waals surface area contributed by atoms with Crippen molar-refractivity contribution in [1.82, 2.24) is 10.2 Å². The fourth-order valence-electron chi connectivity index (χ4n) is 2.14. The zero-order chi connectivity index (χ0) is 12.6. The number of carbonyl (C=O) groups is 2. The highest BCUT2D eigenvalue weighted by molar-refractivity contribution is 5.95. The number of ether oxygens (including phenoxy) is 1. The third kappa shape index (κ3) is 2.77. The van der Waals surface area contributed by atoms with Gasteiger partial charge in [-0.15, -0.1) is 0 Å². The Bertz CT molecular complexity index is 337. The Labute approximate surface area is 101 Å².